The zero-order valence-electron chi connectivity index (χ0n) is 11.8. The molecule has 22 heavy (non-hydrogen) atoms. The van der Waals surface area contributed by atoms with E-state index in [1.165, 1.54) is 0 Å². The van der Waals surface area contributed by atoms with E-state index < -0.39 is 0 Å². The van der Waals surface area contributed by atoms with E-state index >= 15 is 0 Å². The molecule has 5 nitrogen and oxygen atoms in total. The fourth-order valence-corrected chi connectivity index (χ4v) is 2.36. The Morgan fingerprint density at radius 3 is 2.95 bits per heavy atom. The van der Waals surface area contributed by atoms with E-state index in [-0.39, 0.29) is 24.2 Å². The Morgan fingerprint density at radius 1 is 1.32 bits per heavy atom. The largest absolute Gasteiger partial charge is 0.352 e. The summed E-state index contributed by atoms with van der Waals surface area (Å²) in [6, 6.07) is 9.37. The summed E-state index contributed by atoms with van der Waals surface area (Å²) < 4.78 is 0. The van der Waals surface area contributed by atoms with Crippen LogP contribution in [-0.2, 0) is 17.6 Å². The summed E-state index contributed by atoms with van der Waals surface area (Å²) in [5.41, 5.74) is 3.58. The molecule has 0 fully saturated rings. The third-order valence-corrected chi connectivity index (χ3v) is 3.42. The van der Waals surface area contributed by atoms with E-state index in [1.807, 2.05) is 18.2 Å². The molecule has 6 heteroatoms. The Balaban J connectivity index is 0.00000176. The van der Waals surface area contributed by atoms with Crippen molar-refractivity contribution in [1.29, 1.82) is 0 Å². The number of hydrogen-bond acceptors (Lipinski definition) is 3. The van der Waals surface area contributed by atoms with Gasteiger partial charge in [-0.3, -0.25) is 14.6 Å². The summed E-state index contributed by atoms with van der Waals surface area (Å²) in [5, 5.41) is 5.67. The highest BCUT2D eigenvalue weighted by molar-refractivity contribution is 5.99. The van der Waals surface area contributed by atoms with Crippen LogP contribution < -0.4 is 10.6 Å². The van der Waals surface area contributed by atoms with Gasteiger partial charge >= 0.3 is 0 Å². The van der Waals surface area contributed by atoms with Crippen LogP contribution in [0.2, 0.25) is 0 Å². The Kier molecular flexibility index (Phi) is 5.12. The highest BCUT2D eigenvalue weighted by Gasteiger charge is 2.17. The lowest BCUT2D eigenvalue weighted by atomic mass is 10.1. The molecule has 0 saturated carbocycles. The summed E-state index contributed by atoms with van der Waals surface area (Å²) in [4.78, 5) is 27.1. The fourth-order valence-electron chi connectivity index (χ4n) is 2.36. The van der Waals surface area contributed by atoms with Gasteiger partial charge in [-0.2, -0.15) is 0 Å². The Hall–Kier alpha value is -2.40. The Morgan fingerprint density at radius 2 is 2.18 bits per heavy atom. The number of benzene rings is 1. The van der Waals surface area contributed by atoms with Gasteiger partial charge in [0.25, 0.3) is 5.91 Å². The van der Waals surface area contributed by atoms with Crippen molar-refractivity contribution >= 4 is 29.9 Å². The molecule has 0 aliphatic carbocycles. The second-order valence-corrected chi connectivity index (χ2v) is 4.96. The van der Waals surface area contributed by atoms with Crippen LogP contribution in [0.1, 0.15) is 21.5 Å². The van der Waals surface area contributed by atoms with Gasteiger partial charge in [0.05, 0.1) is 12.0 Å². The predicted molar refractivity (Wildman–Crippen MR) is 86.3 cm³/mol. The van der Waals surface area contributed by atoms with Crippen LogP contribution in [0.5, 0.6) is 0 Å². The number of halogens is 1. The summed E-state index contributed by atoms with van der Waals surface area (Å²) >= 11 is 0. The van der Waals surface area contributed by atoms with Crippen LogP contribution in [0, 0.1) is 0 Å². The van der Waals surface area contributed by atoms with Gasteiger partial charge < -0.3 is 10.6 Å². The van der Waals surface area contributed by atoms with E-state index in [0.717, 1.165) is 23.2 Å². The van der Waals surface area contributed by atoms with Gasteiger partial charge in [0.15, 0.2) is 0 Å². The monoisotopic (exact) mass is 317 g/mol. The first kappa shape index (κ1) is 16.0. The van der Waals surface area contributed by atoms with E-state index in [0.29, 0.717) is 18.5 Å². The summed E-state index contributed by atoms with van der Waals surface area (Å²) in [5.74, 6) is -0.0897. The molecule has 1 aliphatic rings. The molecule has 2 heterocycles. The van der Waals surface area contributed by atoms with Gasteiger partial charge in [-0.15, -0.1) is 12.4 Å². The molecule has 0 atom stereocenters. The predicted octanol–water partition coefficient (Wildman–Crippen LogP) is 1.97. The first-order valence-corrected chi connectivity index (χ1v) is 6.82. The second kappa shape index (κ2) is 7.04. The van der Waals surface area contributed by atoms with Crippen LogP contribution in [0.25, 0.3) is 0 Å². The minimum Gasteiger partial charge on any atom is -0.352 e. The molecule has 1 aliphatic heterocycles. The standard InChI is InChI=1S/C16H15N3O2.ClH/c20-15-9-13-8-11(3-4-14(13)19-15)5-7-18-16(21)12-2-1-6-17-10-12;/h1-4,6,8,10H,5,7,9H2,(H,18,21)(H,19,20);1H. The van der Waals surface area contributed by atoms with Gasteiger partial charge in [-0.1, -0.05) is 12.1 Å². The number of amides is 2. The molecule has 2 amide bonds. The number of anilines is 1. The zero-order valence-corrected chi connectivity index (χ0v) is 12.7. The number of rotatable bonds is 4. The summed E-state index contributed by atoms with van der Waals surface area (Å²) in [6.45, 7) is 0.549. The Bertz CT molecular complexity index is 689. The van der Waals surface area contributed by atoms with Crippen LogP contribution in [0.15, 0.2) is 42.7 Å². The van der Waals surface area contributed by atoms with Gasteiger partial charge in [-0.05, 0) is 35.7 Å². The van der Waals surface area contributed by atoms with E-state index in [9.17, 15) is 9.59 Å². The molecular formula is C16H16ClN3O2. The highest BCUT2D eigenvalue weighted by Crippen LogP contribution is 2.23. The van der Waals surface area contributed by atoms with E-state index in [4.69, 9.17) is 0 Å². The van der Waals surface area contributed by atoms with E-state index in [2.05, 4.69) is 15.6 Å². The molecule has 2 N–H and O–H groups in total. The normalized spacial score (nSPS) is 12.1. The van der Waals surface area contributed by atoms with Crippen molar-refractivity contribution in [2.24, 2.45) is 0 Å². The Labute approximate surface area is 134 Å². The zero-order chi connectivity index (χ0) is 14.7. The van der Waals surface area contributed by atoms with Crippen molar-refractivity contribution in [3.8, 4) is 0 Å². The second-order valence-electron chi connectivity index (χ2n) is 4.96. The number of pyridine rings is 1. The number of fused-ring (bicyclic) bond motifs is 1. The number of aromatic nitrogens is 1. The number of carbonyl (C=O) groups excluding carboxylic acids is 2. The molecule has 0 saturated heterocycles. The van der Waals surface area contributed by atoms with Crippen LogP contribution >= 0.6 is 12.4 Å². The average molecular weight is 318 g/mol. The molecule has 1 aromatic heterocycles. The van der Waals surface area contributed by atoms with Crippen molar-refractivity contribution in [1.82, 2.24) is 10.3 Å². The first-order chi connectivity index (χ1) is 10.2. The molecule has 3 rings (SSSR count). The van der Waals surface area contributed by atoms with Gasteiger partial charge in [0.2, 0.25) is 5.91 Å². The van der Waals surface area contributed by atoms with E-state index in [1.54, 1.807) is 24.5 Å². The number of nitrogens with one attached hydrogen (secondary N) is 2. The van der Waals surface area contributed by atoms with Gasteiger partial charge in [-0.25, -0.2) is 0 Å². The van der Waals surface area contributed by atoms with Gasteiger partial charge in [0.1, 0.15) is 0 Å². The minimum atomic E-state index is -0.124. The molecule has 0 radical (unpaired) electrons. The van der Waals surface area contributed by atoms with Crippen molar-refractivity contribution in [3.63, 3.8) is 0 Å². The molecule has 2 aromatic rings. The summed E-state index contributed by atoms with van der Waals surface area (Å²) in [7, 11) is 0. The van der Waals surface area contributed by atoms with Crippen molar-refractivity contribution in [3.05, 3.63) is 59.4 Å². The molecule has 0 spiro atoms. The highest BCUT2D eigenvalue weighted by atomic mass is 35.5. The van der Waals surface area contributed by atoms with Crippen LogP contribution in [0.3, 0.4) is 0 Å². The maximum Gasteiger partial charge on any atom is 0.252 e. The smallest absolute Gasteiger partial charge is 0.252 e. The maximum atomic E-state index is 11.9. The third-order valence-electron chi connectivity index (χ3n) is 3.42. The lowest BCUT2D eigenvalue weighted by Crippen LogP contribution is -2.25. The third kappa shape index (κ3) is 3.62. The lowest BCUT2D eigenvalue weighted by molar-refractivity contribution is -0.115. The van der Waals surface area contributed by atoms with Crippen LogP contribution in [0.4, 0.5) is 5.69 Å². The summed E-state index contributed by atoms with van der Waals surface area (Å²) in [6.07, 6.45) is 4.34. The first-order valence-electron chi connectivity index (χ1n) is 6.82. The molecular weight excluding hydrogens is 302 g/mol. The average Bonchev–Trinajstić information content (AvgIpc) is 2.87. The SMILES string of the molecule is Cl.O=C1Cc2cc(CCNC(=O)c3cccnc3)ccc2N1. The maximum absolute atomic E-state index is 11.9. The fraction of sp³-hybridized carbons (Fsp3) is 0.188. The molecule has 114 valence electrons. The number of nitrogens with zero attached hydrogens (tertiary/aromatic N) is 1. The lowest BCUT2D eigenvalue weighted by Gasteiger charge is -2.06. The van der Waals surface area contributed by atoms with Crippen LogP contribution in [-0.4, -0.2) is 23.3 Å². The van der Waals surface area contributed by atoms with Gasteiger partial charge in [0, 0.05) is 24.6 Å². The molecule has 0 bridgehead atoms. The minimum absolute atomic E-state index is 0. The number of carbonyl (C=O) groups is 2. The topological polar surface area (TPSA) is 71.1 Å². The van der Waals surface area contributed by atoms with Crippen molar-refractivity contribution < 1.29 is 9.59 Å². The number of hydrogen-bond donors (Lipinski definition) is 2. The van der Waals surface area contributed by atoms with Crippen molar-refractivity contribution in [2.75, 3.05) is 11.9 Å². The molecule has 0 unspecified atom stereocenters. The van der Waals surface area contributed by atoms with Crippen molar-refractivity contribution in [2.45, 2.75) is 12.8 Å². The molecule has 1 aromatic carbocycles. The quantitative estimate of drug-likeness (QED) is 0.905.